The first kappa shape index (κ1) is 20.5. The number of amides is 1. The lowest BCUT2D eigenvalue weighted by Crippen LogP contribution is -2.49. The van der Waals surface area contributed by atoms with Gasteiger partial charge < -0.3 is 10.0 Å². The van der Waals surface area contributed by atoms with E-state index in [9.17, 15) is 14.0 Å². The number of piperazine rings is 1. The second kappa shape index (κ2) is 9.30. The van der Waals surface area contributed by atoms with Crippen molar-refractivity contribution in [3.05, 3.63) is 69.9 Å². The molecule has 1 aliphatic heterocycles. The molecule has 0 aliphatic carbocycles. The minimum Gasteiger partial charge on any atom is -0.481 e. The summed E-state index contributed by atoms with van der Waals surface area (Å²) < 4.78 is 14.1. The Labute approximate surface area is 171 Å². The molecule has 5 nitrogen and oxygen atoms in total. The minimum absolute atomic E-state index is 0.00943. The second-order valence-electron chi connectivity index (χ2n) is 6.84. The van der Waals surface area contributed by atoms with Crippen molar-refractivity contribution >= 4 is 27.8 Å². The monoisotopic (exact) mass is 448 g/mol. The van der Waals surface area contributed by atoms with Crippen LogP contribution in [0.3, 0.4) is 0 Å². The summed E-state index contributed by atoms with van der Waals surface area (Å²) in [4.78, 5) is 27.8. The highest BCUT2D eigenvalue weighted by atomic mass is 79.9. The number of hydrogen-bond acceptors (Lipinski definition) is 3. The summed E-state index contributed by atoms with van der Waals surface area (Å²) in [5.74, 6) is -1.18. The molecule has 0 radical (unpaired) electrons. The molecule has 7 heteroatoms. The van der Waals surface area contributed by atoms with Crippen LogP contribution >= 0.6 is 15.9 Å². The molecule has 0 aromatic heterocycles. The predicted octanol–water partition coefficient (Wildman–Crippen LogP) is 3.95. The summed E-state index contributed by atoms with van der Waals surface area (Å²) in [5.41, 5.74) is 1.54. The Bertz CT molecular complexity index is 836. The van der Waals surface area contributed by atoms with Gasteiger partial charge in [-0.15, -0.1) is 0 Å². The fourth-order valence-electron chi connectivity index (χ4n) is 3.55. The molecule has 3 rings (SSSR count). The Morgan fingerprint density at radius 3 is 2.36 bits per heavy atom. The lowest BCUT2D eigenvalue weighted by atomic mass is 9.99. The van der Waals surface area contributed by atoms with Gasteiger partial charge in [0.05, 0.1) is 0 Å². The summed E-state index contributed by atoms with van der Waals surface area (Å²) >= 11 is 3.39. The van der Waals surface area contributed by atoms with Gasteiger partial charge in [0.2, 0.25) is 0 Å². The molecule has 0 saturated carbocycles. The van der Waals surface area contributed by atoms with Crippen molar-refractivity contribution in [1.29, 1.82) is 0 Å². The van der Waals surface area contributed by atoms with E-state index in [-0.39, 0.29) is 24.2 Å². The summed E-state index contributed by atoms with van der Waals surface area (Å²) in [6.07, 6.45) is 0.486. The highest BCUT2D eigenvalue weighted by molar-refractivity contribution is 9.10. The highest BCUT2D eigenvalue weighted by Gasteiger charge is 2.28. The van der Waals surface area contributed by atoms with Crippen molar-refractivity contribution in [1.82, 2.24) is 9.80 Å². The lowest BCUT2D eigenvalue weighted by molar-refractivity contribution is -0.137. The van der Waals surface area contributed by atoms with Crippen LogP contribution < -0.4 is 0 Å². The number of rotatable bonds is 6. The van der Waals surface area contributed by atoms with Crippen molar-refractivity contribution in [3.8, 4) is 0 Å². The number of benzene rings is 2. The molecule has 1 aliphatic rings. The van der Waals surface area contributed by atoms with E-state index >= 15 is 0 Å². The average molecular weight is 449 g/mol. The molecule has 1 heterocycles. The van der Waals surface area contributed by atoms with E-state index in [1.165, 1.54) is 12.1 Å². The fourth-order valence-corrected chi connectivity index (χ4v) is 3.95. The van der Waals surface area contributed by atoms with Crippen LogP contribution in [0.5, 0.6) is 0 Å². The van der Waals surface area contributed by atoms with Gasteiger partial charge in [0.1, 0.15) is 5.82 Å². The van der Waals surface area contributed by atoms with E-state index in [1.54, 1.807) is 18.2 Å². The topological polar surface area (TPSA) is 60.9 Å². The van der Waals surface area contributed by atoms with Gasteiger partial charge in [0.15, 0.2) is 0 Å². The maximum Gasteiger partial charge on any atom is 0.303 e. The number of halogens is 2. The average Bonchev–Trinajstić information content (AvgIpc) is 2.69. The van der Waals surface area contributed by atoms with Gasteiger partial charge in [0, 0.05) is 48.7 Å². The van der Waals surface area contributed by atoms with Crippen LogP contribution in [0.25, 0.3) is 0 Å². The number of nitrogens with zero attached hydrogens (tertiary/aromatic N) is 2. The summed E-state index contributed by atoms with van der Waals surface area (Å²) in [6, 6.07) is 13.4. The van der Waals surface area contributed by atoms with Gasteiger partial charge in [-0.3, -0.25) is 14.5 Å². The number of carbonyl (C=O) groups is 2. The molecular formula is C21H22BrFN2O3. The number of carboxylic acids is 1. The maximum atomic E-state index is 13.3. The fraction of sp³-hybridized carbons (Fsp3) is 0.333. The van der Waals surface area contributed by atoms with Crippen LogP contribution in [-0.4, -0.2) is 53.0 Å². The Hall–Kier alpha value is -2.25. The van der Waals surface area contributed by atoms with Crippen LogP contribution in [-0.2, 0) is 4.79 Å². The van der Waals surface area contributed by atoms with E-state index in [0.717, 1.165) is 10.0 Å². The SMILES string of the molecule is O=C(O)CC[C@@H](c1ccc(F)cc1)N1CCN(C(=O)c2cccc(Br)c2)CC1. The zero-order valence-corrected chi connectivity index (χ0v) is 16.9. The van der Waals surface area contributed by atoms with Crippen LogP contribution in [0.1, 0.15) is 34.8 Å². The third-order valence-corrected chi connectivity index (χ3v) is 5.49. The van der Waals surface area contributed by atoms with Gasteiger partial charge in [0.25, 0.3) is 5.91 Å². The van der Waals surface area contributed by atoms with E-state index in [2.05, 4.69) is 20.8 Å². The van der Waals surface area contributed by atoms with Crippen molar-refractivity contribution in [2.75, 3.05) is 26.2 Å². The summed E-state index contributed by atoms with van der Waals surface area (Å²) in [7, 11) is 0. The molecule has 148 valence electrons. The Kier molecular flexibility index (Phi) is 6.80. The van der Waals surface area contributed by atoms with Crippen molar-refractivity contribution < 1.29 is 19.1 Å². The quantitative estimate of drug-likeness (QED) is 0.726. The molecule has 2 aromatic carbocycles. The first-order valence-electron chi connectivity index (χ1n) is 9.20. The first-order chi connectivity index (χ1) is 13.4. The first-order valence-corrected chi connectivity index (χ1v) is 9.99. The standard InChI is InChI=1S/C21H22BrFN2O3/c22-17-3-1-2-16(14-17)21(28)25-12-10-24(11-13-25)19(8-9-20(26)27)15-4-6-18(23)7-5-15/h1-7,14,19H,8-13H2,(H,26,27)/t19-/m0/s1. The third kappa shape index (κ3) is 5.17. The molecule has 0 unspecified atom stereocenters. The van der Waals surface area contributed by atoms with E-state index in [0.29, 0.717) is 38.2 Å². The molecule has 1 amide bonds. The Morgan fingerprint density at radius 1 is 1.07 bits per heavy atom. The van der Waals surface area contributed by atoms with Gasteiger partial charge in [-0.25, -0.2) is 4.39 Å². The minimum atomic E-state index is -0.851. The molecule has 1 atom stereocenters. The van der Waals surface area contributed by atoms with E-state index in [4.69, 9.17) is 5.11 Å². The third-order valence-electron chi connectivity index (χ3n) is 5.00. The van der Waals surface area contributed by atoms with Crippen molar-refractivity contribution in [3.63, 3.8) is 0 Å². The van der Waals surface area contributed by atoms with E-state index < -0.39 is 5.97 Å². The van der Waals surface area contributed by atoms with Crippen LogP contribution in [0, 0.1) is 5.82 Å². The largest absolute Gasteiger partial charge is 0.481 e. The van der Waals surface area contributed by atoms with E-state index in [1.807, 2.05) is 23.1 Å². The van der Waals surface area contributed by atoms with Crippen LogP contribution in [0.4, 0.5) is 4.39 Å². The molecule has 0 bridgehead atoms. The number of aliphatic carboxylic acids is 1. The van der Waals surface area contributed by atoms with Gasteiger partial charge in [-0.1, -0.05) is 34.1 Å². The highest BCUT2D eigenvalue weighted by Crippen LogP contribution is 2.27. The van der Waals surface area contributed by atoms with Gasteiger partial charge in [-0.05, 0) is 42.3 Å². The predicted molar refractivity (Wildman–Crippen MR) is 108 cm³/mol. The summed E-state index contributed by atoms with van der Waals surface area (Å²) in [6.45, 7) is 2.41. The number of hydrogen-bond donors (Lipinski definition) is 1. The Balaban J connectivity index is 1.68. The maximum absolute atomic E-state index is 13.3. The zero-order chi connectivity index (χ0) is 20.1. The normalized spacial score (nSPS) is 16.0. The Morgan fingerprint density at radius 2 is 1.75 bits per heavy atom. The van der Waals surface area contributed by atoms with Gasteiger partial charge in [-0.2, -0.15) is 0 Å². The smallest absolute Gasteiger partial charge is 0.303 e. The molecule has 1 N–H and O–H groups in total. The molecule has 0 spiro atoms. The van der Waals surface area contributed by atoms with Crippen molar-refractivity contribution in [2.45, 2.75) is 18.9 Å². The van der Waals surface area contributed by atoms with Crippen LogP contribution in [0.2, 0.25) is 0 Å². The molecule has 1 saturated heterocycles. The van der Waals surface area contributed by atoms with Gasteiger partial charge >= 0.3 is 5.97 Å². The molecule has 1 fully saturated rings. The molecule has 2 aromatic rings. The molecule has 28 heavy (non-hydrogen) atoms. The lowest BCUT2D eigenvalue weighted by Gasteiger charge is -2.39. The number of carboxylic acid groups (broad SMARTS) is 1. The summed E-state index contributed by atoms with van der Waals surface area (Å²) in [5, 5.41) is 9.08. The zero-order valence-electron chi connectivity index (χ0n) is 15.4. The van der Waals surface area contributed by atoms with Crippen LogP contribution in [0.15, 0.2) is 53.0 Å². The number of carbonyl (C=O) groups excluding carboxylic acids is 1. The molecular weight excluding hydrogens is 427 g/mol. The van der Waals surface area contributed by atoms with Crippen molar-refractivity contribution in [2.24, 2.45) is 0 Å². The second-order valence-corrected chi connectivity index (χ2v) is 7.75.